The van der Waals surface area contributed by atoms with Gasteiger partial charge in [0.25, 0.3) is 5.91 Å². The smallest absolute Gasteiger partial charge is 0.274 e. The van der Waals surface area contributed by atoms with Gasteiger partial charge in [0.1, 0.15) is 23.7 Å². The Labute approximate surface area is 151 Å². The van der Waals surface area contributed by atoms with Crippen molar-refractivity contribution in [2.75, 3.05) is 10.6 Å². The third kappa shape index (κ3) is 4.22. The largest absolute Gasteiger partial charge is 0.340 e. The highest BCUT2D eigenvalue weighted by atomic mass is 19.1. The topological polar surface area (TPSA) is 66.9 Å². The number of benzene rings is 2. The molecule has 132 valence electrons. The summed E-state index contributed by atoms with van der Waals surface area (Å²) >= 11 is 0. The van der Waals surface area contributed by atoms with Crippen LogP contribution in [0.15, 0.2) is 60.9 Å². The minimum atomic E-state index is -0.317. The van der Waals surface area contributed by atoms with E-state index in [0.717, 1.165) is 11.3 Å². The summed E-state index contributed by atoms with van der Waals surface area (Å²) in [5.41, 5.74) is 2.73. The van der Waals surface area contributed by atoms with E-state index in [1.165, 1.54) is 18.5 Å². The Bertz CT molecular complexity index is 910. The zero-order valence-corrected chi connectivity index (χ0v) is 14.5. The van der Waals surface area contributed by atoms with E-state index in [1.54, 1.807) is 18.2 Å². The summed E-state index contributed by atoms with van der Waals surface area (Å²) in [4.78, 5) is 20.7. The van der Waals surface area contributed by atoms with Crippen LogP contribution in [0.25, 0.3) is 0 Å². The van der Waals surface area contributed by atoms with Gasteiger partial charge in [-0.25, -0.2) is 14.4 Å². The average Bonchev–Trinajstić information content (AvgIpc) is 2.64. The van der Waals surface area contributed by atoms with Gasteiger partial charge >= 0.3 is 0 Å². The van der Waals surface area contributed by atoms with Crippen molar-refractivity contribution in [3.8, 4) is 0 Å². The lowest BCUT2D eigenvalue weighted by Gasteiger charge is -2.13. The third-order valence-corrected chi connectivity index (χ3v) is 3.85. The molecule has 0 saturated heterocycles. The van der Waals surface area contributed by atoms with Crippen LogP contribution in [0.4, 0.5) is 21.6 Å². The van der Waals surface area contributed by atoms with Gasteiger partial charge in [0.15, 0.2) is 0 Å². The number of hydrogen-bond acceptors (Lipinski definition) is 4. The van der Waals surface area contributed by atoms with E-state index in [0.29, 0.717) is 11.5 Å². The van der Waals surface area contributed by atoms with Crippen molar-refractivity contribution in [3.63, 3.8) is 0 Å². The number of rotatable bonds is 5. The SMILES string of the molecule is CC(C)c1ccccc1NC(=O)c1cc(Nc2ccc(F)cc2)ncn1. The highest BCUT2D eigenvalue weighted by Crippen LogP contribution is 2.24. The predicted molar refractivity (Wildman–Crippen MR) is 100 cm³/mol. The Morgan fingerprint density at radius 2 is 1.77 bits per heavy atom. The van der Waals surface area contributed by atoms with Crippen LogP contribution in [0.1, 0.15) is 35.8 Å². The number of para-hydroxylation sites is 1. The molecule has 2 N–H and O–H groups in total. The van der Waals surface area contributed by atoms with Crippen molar-refractivity contribution >= 4 is 23.1 Å². The molecule has 0 aliphatic carbocycles. The summed E-state index contributed by atoms with van der Waals surface area (Å²) in [5, 5.41) is 5.92. The minimum Gasteiger partial charge on any atom is -0.340 e. The maximum absolute atomic E-state index is 13.0. The van der Waals surface area contributed by atoms with Crippen LogP contribution in [-0.2, 0) is 0 Å². The van der Waals surface area contributed by atoms with Crippen LogP contribution in [0.2, 0.25) is 0 Å². The van der Waals surface area contributed by atoms with Crippen LogP contribution in [-0.4, -0.2) is 15.9 Å². The van der Waals surface area contributed by atoms with Crippen molar-refractivity contribution in [1.82, 2.24) is 9.97 Å². The molecule has 3 rings (SSSR count). The molecule has 0 saturated carbocycles. The van der Waals surface area contributed by atoms with Crippen LogP contribution in [0.3, 0.4) is 0 Å². The van der Waals surface area contributed by atoms with Gasteiger partial charge < -0.3 is 10.6 Å². The summed E-state index contributed by atoms with van der Waals surface area (Å²) in [5.74, 6) is 0.103. The first kappa shape index (κ1) is 17.5. The highest BCUT2D eigenvalue weighted by molar-refractivity contribution is 6.03. The van der Waals surface area contributed by atoms with Crippen molar-refractivity contribution in [3.05, 3.63) is 78.0 Å². The van der Waals surface area contributed by atoms with Crippen molar-refractivity contribution < 1.29 is 9.18 Å². The molecular weight excluding hydrogens is 331 g/mol. The number of hydrogen-bond donors (Lipinski definition) is 2. The summed E-state index contributed by atoms with van der Waals surface area (Å²) < 4.78 is 13.0. The zero-order valence-electron chi connectivity index (χ0n) is 14.5. The molecule has 0 radical (unpaired) electrons. The summed E-state index contributed by atoms with van der Waals surface area (Å²) in [6, 6.07) is 15.1. The summed E-state index contributed by atoms with van der Waals surface area (Å²) in [6.45, 7) is 4.14. The lowest BCUT2D eigenvalue weighted by Crippen LogP contribution is -2.15. The number of aromatic nitrogens is 2. The van der Waals surface area contributed by atoms with Gasteiger partial charge in [-0.1, -0.05) is 32.0 Å². The van der Waals surface area contributed by atoms with E-state index in [9.17, 15) is 9.18 Å². The molecule has 1 heterocycles. The fourth-order valence-electron chi connectivity index (χ4n) is 2.53. The second-order valence-electron chi connectivity index (χ2n) is 6.12. The number of anilines is 3. The van der Waals surface area contributed by atoms with Crippen LogP contribution >= 0.6 is 0 Å². The maximum atomic E-state index is 13.0. The second kappa shape index (κ2) is 7.74. The molecule has 0 fully saturated rings. The first-order valence-electron chi connectivity index (χ1n) is 8.28. The molecule has 0 bridgehead atoms. The van der Waals surface area contributed by atoms with Gasteiger partial charge in [0.2, 0.25) is 0 Å². The minimum absolute atomic E-state index is 0.239. The quantitative estimate of drug-likeness (QED) is 0.698. The first-order valence-corrected chi connectivity index (χ1v) is 8.28. The third-order valence-electron chi connectivity index (χ3n) is 3.85. The van der Waals surface area contributed by atoms with Crippen molar-refractivity contribution in [2.45, 2.75) is 19.8 Å². The molecule has 0 spiro atoms. The number of carbonyl (C=O) groups excluding carboxylic acids is 1. The van der Waals surface area contributed by atoms with Gasteiger partial charge in [-0.3, -0.25) is 4.79 Å². The second-order valence-corrected chi connectivity index (χ2v) is 6.12. The Morgan fingerprint density at radius 3 is 2.50 bits per heavy atom. The van der Waals surface area contributed by atoms with E-state index in [2.05, 4.69) is 34.4 Å². The maximum Gasteiger partial charge on any atom is 0.274 e. The molecule has 0 unspecified atom stereocenters. The fraction of sp³-hybridized carbons (Fsp3) is 0.150. The highest BCUT2D eigenvalue weighted by Gasteiger charge is 2.13. The number of nitrogens with one attached hydrogen (secondary N) is 2. The van der Waals surface area contributed by atoms with Crippen molar-refractivity contribution in [2.24, 2.45) is 0 Å². The zero-order chi connectivity index (χ0) is 18.5. The van der Waals surface area contributed by atoms with Gasteiger partial charge in [-0.05, 0) is 41.8 Å². The first-order chi connectivity index (χ1) is 12.5. The normalized spacial score (nSPS) is 10.6. The lowest BCUT2D eigenvalue weighted by atomic mass is 10.0. The molecule has 3 aromatic rings. The molecule has 0 atom stereocenters. The standard InChI is InChI=1S/C20H19FN4O/c1-13(2)16-5-3-4-6-17(16)25-20(26)18-11-19(23-12-22-18)24-15-9-7-14(21)8-10-15/h3-13H,1-2H3,(H,25,26)(H,22,23,24). The molecule has 1 amide bonds. The van der Waals surface area contributed by atoms with Gasteiger partial charge in [0, 0.05) is 17.4 Å². The van der Waals surface area contributed by atoms with E-state index in [1.807, 2.05) is 24.3 Å². The summed E-state index contributed by atoms with van der Waals surface area (Å²) in [7, 11) is 0. The lowest BCUT2D eigenvalue weighted by molar-refractivity contribution is 0.102. The van der Waals surface area contributed by atoms with Crippen molar-refractivity contribution in [1.29, 1.82) is 0 Å². The average molecular weight is 350 g/mol. The van der Waals surface area contributed by atoms with Crippen LogP contribution in [0.5, 0.6) is 0 Å². The summed E-state index contributed by atoms with van der Waals surface area (Å²) in [6.07, 6.45) is 1.31. The molecule has 0 aliphatic heterocycles. The van der Waals surface area contributed by atoms with E-state index in [-0.39, 0.29) is 23.3 Å². The van der Waals surface area contributed by atoms with Crippen LogP contribution in [0, 0.1) is 5.82 Å². The van der Waals surface area contributed by atoms with Gasteiger partial charge in [-0.15, -0.1) is 0 Å². The fourth-order valence-corrected chi connectivity index (χ4v) is 2.53. The number of nitrogens with zero attached hydrogens (tertiary/aromatic N) is 2. The number of amides is 1. The predicted octanol–water partition coefficient (Wildman–Crippen LogP) is 4.74. The molecule has 5 nitrogen and oxygen atoms in total. The molecule has 6 heteroatoms. The Hall–Kier alpha value is -3.28. The molecule has 26 heavy (non-hydrogen) atoms. The Balaban J connectivity index is 1.77. The van der Waals surface area contributed by atoms with E-state index in [4.69, 9.17) is 0 Å². The van der Waals surface area contributed by atoms with Gasteiger partial charge in [-0.2, -0.15) is 0 Å². The van der Waals surface area contributed by atoms with Gasteiger partial charge in [0.05, 0.1) is 0 Å². The number of carbonyl (C=O) groups is 1. The Morgan fingerprint density at radius 1 is 1.04 bits per heavy atom. The van der Waals surface area contributed by atoms with Crippen LogP contribution < -0.4 is 10.6 Å². The molecule has 2 aromatic carbocycles. The molecular formula is C20H19FN4O. The monoisotopic (exact) mass is 350 g/mol. The van der Waals surface area contributed by atoms with E-state index < -0.39 is 0 Å². The number of halogens is 1. The molecule has 0 aliphatic rings. The Kier molecular flexibility index (Phi) is 5.22. The molecule has 1 aromatic heterocycles. The van der Waals surface area contributed by atoms with E-state index >= 15 is 0 Å².